The van der Waals surface area contributed by atoms with Gasteiger partial charge in [0.25, 0.3) is 0 Å². The van der Waals surface area contributed by atoms with Crippen molar-refractivity contribution < 1.29 is 32.4 Å². The minimum atomic E-state index is -4.61. The maximum Gasteiger partial charge on any atom is 0.427 e. The zero-order valence-electron chi connectivity index (χ0n) is 20.5. The zero-order chi connectivity index (χ0) is 27.5. The van der Waals surface area contributed by atoms with Crippen LogP contribution in [0, 0.1) is 12.8 Å². The van der Waals surface area contributed by atoms with Crippen LogP contribution in [-0.2, 0) is 36.4 Å². The fourth-order valence-corrected chi connectivity index (χ4v) is 4.88. The third-order valence-corrected chi connectivity index (χ3v) is 7.03. The Morgan fingerprint density at radius 2 is 1.74 bits per heavy atom. The molecule has 2 atom stereocenters. The molecule has 3 heterocycles. The number of halogens is 3. The van der Waals surface area contributed by atoms with Crippen LogP contribution in [0.25, 0.3) is 11.0 Å². The van der Waals surface area contributed by atoms with E-state index in [0.717, 1.165) is 11.0 Å². The average molecular weight is 532 g/mol. The molecule has 5 rings (SSSR count). The van der Waals surface area contributed by atoms with Crippen molar-refractivity contribution in [2.75, 3.05) is 11.4 Å². The molecule has 0 spiro atoms. The summed E-state index contributed by atoms with van der Waals surface area (Å²) in [6.07, 6.45) is -6.41. The van der Waals surface area contributed by atoms with Crippen molar-refractivity contribution >= 4 is 34.8 Å². The first-order valence-electron chi connectivity index (χ1n) is 11.6. The van der Waals surface area contributed by atoms with Gasteiger partial charge < -0.3 is 10.2 Å². The third-order valence-electron chi connectivity index (χ3n) is 7.03. The van der Waals surface area contributed by atoms with Gasteiger partial charge in [-0.15, -0.1) is 5.48 Å². The molecule has 11 nitrogen and oxygen atoms in total. The van der Waals surface area contributed by atoms with Gasteiger partial charge in [0.05, 0.1) is 29.1 Å². The number of rotatable bonds is 4. The number of fused-ring (bicyclic) bond motifs is 1. The van der Waals surface area contributed by atoms with Gasteiger partial charge in [0.1, 0.15) is 6.17 Å². The van der Waals surface area contributed by atoms with Crippen molar-refractivity contribution in [1.82, 2.24) is 24.8 Å². The van der Waals surface area contributed by atoms with Gasteiger partial charge in [0, 0.05) is 26.3 Å². The zero-order valence-corrected chi connectivity index (χ0v) is 20.5. The molecular formula is C24H23F3N6O5. The molecule has 14 heteroatoms. The number of aromatic nitrogens is 2. The van der Waals surface area contributed by atoms with E-state index in [1.165, 1.54) is 33.1 Å². The van der Waals surface area contributed by atoms with Crippen LogP contribution in [0.3, 0.4) is 0 Å². The number of imide groups is 1. The van der Waals surface area contributed by atoms with Crippen molar-refractivity contribution in [2.24, 2.45) is 20.0 Å². The highest BCUT2D eigenvalue weighted by Gasteiger charge is 2.46. The Labute approximate surface area is 213 Å². The maximum atomic E-state index is 13.6. The van der Waals surface area contributed by atoms with Crippen LogP contribution in [0.5, 0.6) is 0 Å². The molecule has 0 aliphatic carbocycles. The van der Waals surface area contributed by atoms with Gasteiger partial charge >= 0.3 is 24.0 Å². The number of alkyl halides is 3. The van der Waals surface area contributed by atoms with E-state index in [1.807, 2.05) is 0 Å². The van der Waals surface area contributed by atoms with Crippen LogP contribution in [0.1, 0.15) is 16.7 Å². The van der Waals surface area contributed by atoms with Crippen LogP contribution >= 0.6 is 0 Å². The highest BCUT2D eigenvalue weighted by molar-refractivity contribution is 6.07. The molecule has 200 valence electrons. The summed E-state index contributed by atoms with van der Waals surface area (Å²) in [5, 5.41) is 2.46. The molecule has 2 fully saturated rings. The van der Waals surface area contributed by atoms with Crippen molar-refractivity contribution in [2.45, 2.75) is 25.8 Å². The number of benzene rings is 2. The smallest absolute Gasteiger partial charge is 0.352 e. The number of nitrogens with zero attached hydrogens (tertiary/aromatic N) is 4. The lowest BCUT2D eigenvalue weighted by atomic mass is 9.98. The first-order valence-corrected chi connectivity index (χ1v) is 11.6. The summed E-state index contributed by atoms with van der Waals surface area (Å²) in [4.78, 5) is 58.0. The SMILES string of the molecule is Cc1c(CN2C(=O)C(C3NOC(=O)N3)CN(c3ccc4c(c3)n(C)c(=O)n4C)C2=O)cccc1C(F)(F)F. The maximum absolute atomic E-state index is 13.6. The van der Waals surface area contributed by atoms with E-state index in [1.54, 1.807) is 32.3 Å². The van der Waals surface area contributed by atoms with Crippen LogP contribution in [0.4, 0.5) is 28.4 Å². The van der Waals surface area contributed by atoms with E-state index in [9.17, 15) is 32.3 Å². The summed E-state index contributed by atoms with van der Waals surface area (Å²) in [5.41, 5.74) is 2.83. The number of imidazole rings is 1. The van der Waals surface area contributed by atoms with E-state index in [0.29, 0.717) is 16.7 Å². The van der Waals surface area contributed by atoms with Crippen molar-refractivity contribution in [3.63, 3.8) is 0 Å². The van der Waals surface area contributed by atoms with Gasteiger partial charge in [0.15, 0.2) is 0 Å². The van der Waals surface area contributed by atoms with E-state index < -0.39 is 48.4 Å². The molecule has 2 saturated heterocycles. The summed E-state index contributed by atoms with van der Waals surface area (Å²) in [6, 6.07) is 7.70. The lowest BCUT2D eigenvalue weighted by molar-refractivity contribution is -0.138. The highest BCUT2D eigenvalue weighted by Crippen LogP contribution is 2.34. The quantitative estimate of drug-likeness (QED) is 0.533. The minimum Gasteiger partial charge on any atom is -0.352 e. The van der Waals surface area contributed by atoms with Gasteiger partial charge in [0.2, 0.25) is 5.91 Å². The van der Waals surface area contributed by atoms with Crippen LogP contribution in [-0.4, -0.2) is 44.8 Å². The van der Waals surface area contributed by atoms with Crippen molar-refractivity contribution in [3.05, 3.63) is 63.6 Å². The number of urea groups is 1. The Morgan fingerprint density at radius 1 is 1.03 bits per heavy atom. The predicted molar refractivity (Wildman–Crippen MR) is 128 cm³/mol. The summed E-state index contributed by atoms with van der Waals surface area (Å²) >= 11 is 0. The summed E-state index contributed by atoms with van der Waals surface area (Å²) in [5.74, 6) is -1.72. The highest BCUT2D eigenvalue weighted by atomic mass is 19.4. The molecule has 3 aromatic rings. The standard InChI is InChI=1S/C24H23F3N6O5/c1-12-13(5-4-6-16(12)24(25,26)27)10-33-20(34)15(19-28-21(35)38-29-19)11-32(23(33)37)14-7-8-17-18(9-14)31(3)22(36)30(17)2/h4-9,15,19,29H,10-11H2,1-3H3,(H,28,35). The number of hydrogen-bond acceptors (Lipinski definition) is 6. The van der Waals surface area contributed by atoms with Crippen LogP contribution in [0.2, 0.25) is 0 Å². The first-order chi connectivity index (χ1) is 17.9. The van der Waals surface area contributed by atoms with E-state index in [-0.39, 0.29) is 23.4 Å². The molecule has 4 amide bonds. The largest absolute Gasteiger partial charge is 0.427 e. The Kier molecular flexibility index (Phi) is 5.93. The molecule has 0 radical (unpaired) electrons. The number of aryl methyl sites for hydroxylation is 2. The van der Waals surface area contributed by atoms with E-state index >= 15 is 0 Å². The fraction of sp³-hybridized carbons (Fsp3) is 0.333. The molecule has 2 unspecified atom stereocenters. The second-order valence-electron chi connectivity index (χ2n) is 9.21. The summed E-state index contributed by atoms with van der Waals surface area (Å²) < 4.78 is 43.3. The molecule has 2 aromatic carbocycles. The molecular weight excluding hydrogens is 509 g/mol. The molecule has 2 N–H and O–H groups in total. The Bertz CT molecular complexity index is 1540. The summed E-state index contributed by atoms with van der Waals surface area (Å²) in [7, 11) is 3.19. The lowest BCUT2D eigenvalue weighted by Gasteiger charge is -2.40. The first kappa shape index (κ1) is 25.3. The molecule has 0 bridgehead atoms. The van der Waals surface area contributed by atoms with Gasteiger partial charge in [-0.05, 0) is 42.3 Å². The van der Waals surface area contributed by atoms with E-state index in [2.05, 4.69) is 10.8 Å². The Hall–Kier alpha value is -4.33. The Balaban J connectivity index is 1.56. The average Bonchev–Trinajstić information content (AvgIpc) is 3.39. The third kappa shape index (κ3) is 4.06. The molecule has 38 heavy (non-hydrogen) atoms. The summed E-state index contributed by atoms with van der Waals surface area (Å²) in [6.45, 7) is 0.695. The second-order valence-corrected chi connectivity index (χ2v) is 9.21. The predicted octanol–water partition coefficient (Wildman–Crippen LogP) is 2.36. The minimum absolute atomic E-state index is 0.106. The topological polar surface area (TPSA) is 118 Å². The number of nitrogens with one attached hydrogen (secondary N) is 2. The van der Waals surface area contributed by atoms with Crippen LogP contribution in [0.15, 0.2) is 41.2 Å². The number of anilines is 1. The number of carbonyl (C=O) groups is 3. The molecule has 2 aliphatic rings. The van der Waals surface area contributed by atoms with E-state index in [4.69, 9.17) is 4.84 Å². The monoisotopic (exact) mass is 532 g/mol. The number of carbonyl (C=O) groups excluding carboxylic acids is 3. The van der Waals surface area contributed by atoms with Crippen molar-refractivity contribution in [1.29, 1.82) is 0 Å². The number of amides is 4. The van der Waals surface area contributed by atoms with Crippen LogP contribution < -0.4 is 21.4 Å². The van der Waals surface area contributed by atoms with Gasteiger partial charge in [-0.3, -0.25) is 23.7 Å². The second kappa shape index (κ2) is 8.90. The molecule has 0 saturated carbocycles. The van der Waals surface area contributed by atoms with Gasteiger partial charge in [-0.1, -0.05) is 12.1 Å². The fourth-order valence-electron chi connectivity index (χ4n) is 4.88. The van der Waals surface area contributed by atoms with Gasteiger partial charge in [-0.2, -0.15) is 13.2 Å². The normalized spacial score (nSPS) is 20.3. The molecule has 1 aromatic heterocycles. The Morgan fingerprint density at radius 3 is 2.39 bits per heavy atom. The van der Waals surface area contributed by atoms with Gasteiger partial charge in [-0.25, -0.2) is 14.4 Å². The number of hydroxylamine groups is 1. The molecule has 2 aliphatic heterocycles. The number of hydrogen-bond donors (Lipinski definition) is 2. The lowest BCUT2D eigenvalue weighted by Crippen LogP contribution is -2.62. The van der Waals surface area contributed by atoms with Crippen molar-refractivity contribution in [3.8, 4) is 0 Å².